The minimum absolute atomic E-state index is 0.0310. The number of rotatable bonds is 9. The highest BCUT2D eigenvalue weighted by atomic mass is 35.5. The largest absolute Gasteiger partial charge is 0.497 e. The number of nitrogens with zero attached hydrogens (tertiary/aromatic N) is 1. The third-order valence-corrected chi connectivity index (χ3v) is 5.76. The SMILES string of the molecule is CC[C@@H](C)NC(=O)[C@H](C)N(Cc1ccc(Cl)c(Cl)c1)C(=O)Cc1ccc(OC)cc1. The summed E-state index contributed by atoms with van der Waals surface area (Å²) in [5.74, 6) is 0.380. The monoisotopic (exact) mass is 450 g/mol. The smallest absolute Gasteiger partial charge is 0.242 e. The van der Waals surface area contributed by atoms with E-state index in [-0.39, 0.29) is 30.8 Å². The van der Waals surface area contributed by atoms with Crippen LogP contribution in [0.3, 0.4) is 0 Å². The molecule has 0 fully saturated rings. The van der Waals surface area contributed by atoms with Crippen LogP contribution in [0.5, 0.6) is 5.75 Å². The Labute approximate surface area is 188 Å². The van der Waals surface area contributed by atoms with Crippen LogP contribution >= 0.6 is 23.2 Å². The van der Waals surface area contributed by atoms with Gasteiger partial charge in [0.2, 0.25) is 11.8 Å². The molecule has 0 aromatic heterocycles. The molecule has 0 unspecified atom stereocenters. The normalized spacial score (nSPS) is 12.7. The van der Waals surface area contributed by atoms with Crippen LogP contribution in [0.1, 0.15) is 38.3 Å². The van der Waals surface area contributed by atoms with Crippen LogP contribution in [0.2, 0.25) is 10.0 Å². The summed E-state index contributed by atoms with van der Waals surface area (Å²) in [5, 5.41) is 3.81. The van der Waals surface area contributed by atoms with Gasteiger partial charge in [0, 0.05) is 12.6 Å². The van der Waals surface area contributed by atoms with Crippen molar-refractivity contribution in [2.75, 3.05) is 7.11 Å². The van der Waals surface area contributed by atoms with Gasteiger partial charge in [0.05, 0.1) is 23.6 Å². The van der Waals surface area contributed by atoms with E-state index in [9.17, 15) is 9.59 Å². The third kappa shape index (κ3) is 6.64. The number of hydrogen-bond acceptors (Lipinski definition) is 3. The van der Waals surface area contributed by atoms with Crippen LogP contribution in [0.25, 0.3) is 0 Å². The van der Waals surface area contributed by atoms with Gasteiger partial charge in [0.15, 0.2) is 0 Å². The maximum Gasteiger partial charge on any atom is 0.242 e. The highest BCUT2D eigenvalue weighted by Crippen LogP contribution is 2.24. The zero-order chi connectivity index (χ0) is 22.3. The number of ether oxygens (including phenoxy) is 1. The van der Waals surface area contributed by atoms with Crippen LogP contribution in [-0.2, 0) is 22.6 Å². The minimum atomic E-state index is -0.640. The fourth-order valence-corrected chi connectivity index (χ4v) is 3.22. The molecule has 7 heteroatoms. The predicted octanol–water partition coefficient (Wildman–Crippen LogP) is 4.88. The quantitative estimate of drug-likeness (QED) is 0.592. The van der Waals surface area contributed by atoms with Gasteiger partial charge in [-0.1, -0.05) is 48.3 Å². The van der Waals surface area contributed by atoms with E-state index in [2.05, 4.69) is 5.32 Å². The van der Waals surface area contributed by atoms with Gasteiger partial charge < -0.3 is 15.0 Å². The minimum Gasteiger partial charge on any atom is -0.497 e. The molecule has 2 amide bonds. The molecule has 0 spiro atoms. The molecule has 0 saturated heterocycles. The highest BCUT2D eigenvalue weighted by molar-refractivity contribution is 6.42. The molecule has 0 aliphatic carbocycles. The Balaban J connectivity index is 2.24. The molecule has 2 aromatic carbocycles. The van der Waals surface area contributed by atoms with E-state index in [4.69, 9.17) is 27.9 Å². The molecular weight excluding hydrogens is 423 g/mol. The molecule has 0 saturated carbocycles. The molecule has 30 heavy (non-hydrogen) atoms. The molecule has 2 rings (SSSR count). The van der Waals surface area contributed by atoms with Crippen LogP contribution in [-0.4, -0.2) is 35.9 Å². The number of nitrogens with one attached hydrogen (secondary N) is 1. The maximum absolute atomic E-state index is 13.2. The average molecular weight is 451 g/mol. The zero-order valence-electron chi connectivity index (χ0n) is 17.7. The number of carbonyl (C=O) groups is 2. The fraction of sp³-hybridized carbons (Fsp3) is 0.391. The summed E-state index contributed by atoms with van der Waals surface area (Å²) in [6, 6.07) is 11.9. The molecular formula is C23H28Cl2N2O3. The summed E-state index contributed by atoms with van der Waals surface area (Å²) < 4.78 is 5.17. The van der Waals surface area contributed by atoms with Gasteiger partial charge in [-0.2, -0.15) is 0 Å². The van der Waals surface area contributed by atoms with E-state index in [1.54, 1.807) is 37.1 Å². The Morgan fingerprint density at radius 2 is 1.67 bits per heavy atom. The first kappa shape index (κ1) is 24.0. The lowest BCUT2D eigenvalue weighted by molar-refractivity contribution is -0.140. The molecule has 0 heterocycles. The van der Waals surface area contributed by atoms with Crippen LogP contribution in [0.15, 0.2) is 42.5 Å². The molecule has 1 N–H and O–H groups in total. The lowest BCUT2D eigenvalue weighted by Crippen LogP contribution is -2.49. The second-order valence-corrected chi connectivity index (χ2v) is 8.10. The Kier molecular flexibility index (Phi) is 9.00. The summed E-state index contributed by atoms with van der Waals surface area (Å²) in [6.07, 6.45) is 0.983. The number of methoxy groups -OCH3 is 1. The third-order valence-electron chi connectivity index (χ3n) is 5.02. The lowest BCUT2D eigenvalue weighted by Gasteiger charge is -2.30. The standard InChI is InChI=1S/C23H28Cl2N2O3/c1-5-15(2)26-23(29)16(3)27(14-18-8-11-20(24)21(25)12-18)22(28)13-17-6-9-19(30-4)10-7-17/h6-12,15-16H,5,13-14H2,1-4H3,(H,26,29)/t15-,16+/m1/s1. The van der Waals surface area contributed by atoms with Gasteiger partial charge >= 0.3 is 0 Å². The molecule has 5 nitrogen and oxygen atoms in total. The first-order valence-electron chi connectivity index (χ1n) is 9.91. The van der Waals surface area contributed by atoms with Crippen molar-refractivity contribution in [3.8, 4) is 5.75 Å². The molecule has 2 aromatic rings. The zero-order valence-corrected chi connectivity index (χ0v) is 19.3. The van der Waals surface area contributed by atoms with Crippen LogP contribution in [0.4, 0.5) is 0 Å². The number of halogens is 2. The Hall–Kier alpha value is -2.24. The first-order chi connectivity index (χ1) is 14.2. The van der Waals surface area contributed by atoms with E-state index in [0.717, 1.165) is 23.3 Å². The topological polar surface area (TPSA) is 58.6 Å². The van der Waals surface area contributed by atoms with Gasteiger partial charge in [-0.15, -0.1) is 0 Å². The van der Waals surface area contributed by atoms with Crippen molar-refractivity contribution >= 4 is 35.0 Å². The van der Waals surface area contributed by atoms with Gasteiger partial charge in [0.25, 0.3) is 0 Å². The fourth-order valence-electron chi connectivity index (χ4n) is 2.90. The van der Waals surface area contributed by atoms with Crippen molar-refractivity contribution in [1.82, 2.24) is 10.2 Å². The Morgan fingerprint density at radius 3 is 2.23 bits per heavy atom. The molecule has 162 valence electrons. The summed E-state index contributed by atoms with van der Waals surface area (Å²) in [4.78, 5) is 27.5. The van der Waals surface area contributed by atoms with E-state index in [0.29, 0.717) is 10.0 Å². The van der Waals surface area contributed by atoms with Gasteiger partial charge in [-0.05, 0) is 55.7 Å². The summed E-state index contributed by atoms with van der Waals surface area (Å²) >= 11 is 12.1. The first-order valence-corrected chi connectivity index (χ1v) is 10.7. The predicted molar refractivity (Wildman–Crippen MR) is 121 cm³/mol. The van der Waals surface area contributed by atoms with Gasteiger partial charge in [-0.3, -0.25) is 9.59 Å². The van der Waals surface area contributed by atoms with E-state index in [1.165, 1.54) is 0 Å². The van der Waals surface area contributed by atoms with Crippen molar-refractivity contribution in [3.05, 3.63) is 63.6 Å². The summed E-state index contributed by atoms with van der Waals surface area (Å²) in [6.45, 7) is 5.92. The molecule has 0 aliphatic heterocycles. The van der Waals surface area contributed by atoms with Gasteiger partial charge in [-0.25, -0.2) is 0 Å². The highest BCUT2D eigenvalue weighted by Gasteiger charge is 2.27. The number of amides is 2. The van der Waals surface area contributed by atoms with Crippen molar-refractivity contribution in [1.29, 1.82) is 0 Å². The van der Waals surface area contributed by atoms with E-state index < -0.39 is 6.04 Å². The van der Waals surface area contributed by atoms with Crippen molar-refractivity contribution in [2.45, 2.75) is 52.2 Å². The lowest BCUT2D eigenvalue weighted by atomic mass is 10.1. The van der Waals surface area contributed by atoms with Crippen molar-refractivity contribution in [3.63, 3.8) is 0 Å². The number of benzene rings is 2. The Morgan fingerprint density at radius 1 is 1.03 bits per heavy atom. The van der Waals surface area contributed by atoms with E-state index >= 15 is 0 Å². The Bertz CT molecular complexity index is 871. The van der Waals surface area contributed by atoms with Crippen molar-refractivity contribution in [2.24, 2.45) is 0 Å². The second-order valence-electron chi connectivity index (χ2n) is 7.29. The second kappa shape index (κ2) is 11.2. The maximum atomic E-state index is 13.2. The van der Waals surface area contributed by atoms with Crippen LogP contribution < -0.4 is 10.1 Å². The number of hydrogen-bond donors (Lipinski definition) is 1. The molecule has 0 radical (unpaired) electrons. The molecule has 2 atom stereocenters. The molecule has 0 aliphatic rings. The van der Waals surface area contributed by atoms with Crippen molar-refractivity contribution < 1.29 is 14.3 Å². The summed E-state index contributed by atoms with van der Waals surface area (Å²) in [7, 11) is 1.59. The molecule has 0 bridgehead atoms. The van der Waals surface area contributed by atoms with E-state index in [1.807, 2.05) is 38.1 Å². The van der Waals surface area contributed by atoms with Gasteiger partial charge in [0.1, 0.15) is 11.8 Å². The average Bonchev–Trinajstić information content (AvgIpc) is 2.74. The number of carbonyl (C=O) groups excluding carboxylic acids is 2. The van der Waals surface area contributed by atoms with Crippen LogP contribution in [0, 0.1) is 0 Å². The summed E-state index contributed by atoms with van der Waals surface area (Å²) in [5.41, 5.74) is 1.64.